The van der Waals surface area contributed by atoms with Gasteiger partial charge < -0.3 is 14.8 Å². The van der Waals surface area contributed by atoms with E-state index in [1.165, 1.54) is 29.0 Å². The lowest BCUT2D eigenvalue weighted by atomic mass is 9.87. The molecule has 0 saturated carbocycles. The van der Waals surface area contributed by atoms with E-state index in [0.717, 1.165) is 19.5 Å². The van der Waals surface area contributed by atoms with E-state index < -0.39 is 0 Å². The summed E-state index contributed by atoms with van der Waals surface area (Å²) >= 11 is 0. The van der Waals surface area contributed by atoms with Gasteiger partial charge in [-0.2, -0.15) is 0 Å². The fourth-order valence-corrected chi connectivity index (χ4v) is 3.90. The summed E-state index contributed by atoms with van der Waals surface area (Å²) in [5.41, 5.74) is 2.97. The zero-order chi connectivity index (χ0) is 19.3. The van der Waals surface area contributed by atoms with Gasteiger partial charge in [-0.25, -0.2) is 4.79 Å². The Balaban J connectivity index is 1.46. The van der Waals surface area contributed by atoms with E-state index in [1.807, 2.05) is 24.3 Å². The molecule has 0 bridgehead atoms. The molecule has 0 amide bonds. The van der Waals surface area contributed by atoms with Crippen molar-refractivity contribution in [1.29, 1.82) is 0 Å². The number of nitrogens with one attached hydrogen (secondary N) is 1. The highest BCUT2D eigenvalue weighted by molar-refractivity contribution is 5.89. The molecule has 0 aromatic heterocycles. The molecule has 2 unspecified atom stereocenters. The summed E-state index contributed by atoms with van der Waals surface area (Å²) in [6.45, 7) is 2.39. The number of hydrogen-bond donors (Lipinski definition) is 1. The van der Waals surface area contributed by atoms with Crippen molar-refractivity contribution in [2.75, 3.05) is 20.2 Å². The van der Waals surface area contributed by atoms with Gasteiger partial charge >= 0.3 is 5.97 Å². The summed E-state index contributed by atoms with van der Waals surface area (Å²) in [6.07, 6.45) is 1.11. The van der Waals surface area contributed by atoms with Crippen LogP contribution < -0.4 is 5.32 Å². The third-order valence-electron chi connectivity index (χ3n) is 5.46. The van der Waals surface area contributed by atoms with Crippen molar-refractivity contribution in [3.8, 4) is 0 Å². The molecule has 4 nitrogen and oxygen atoms in total. The molecular weight excluding hydrogens is 350 g/mol. The van der Waals surface area contributed by atoms with Crippen LogP contribution in [0.25, 0.3) is 10.8 Å². The van der Waals surface area contributed by atoms with Crippen LogP contribution in [-0.2, 0) is 16.1 Å². The minimum atomic E-state index is -0.305. The maximum absolute atomic E-state index is 11.7. The number of rotatable bonds is 5. The number of hydrogen-bond acceptors (Lipinski definition) is 4. The lowest BCUT2D eigenvalue weighted by Gasteiger charge is -2.32. The molecule has 3 aromatic carbocycles. The first-order chi connectivity index (χ1) is 13.7. The Labute approximate surface area is 165 Å². The van der Waals surface area contributed by atoms with Gasteiger partial charge in [-0.05, 0) is 53.1 Å². The summed E-state index contributed by atoms with van der Waals surface area (Å²) in [6, 6.07) is 22.6. The van der Waals surface area contributed by atoms with Crippen LogP contribution in [0, 0.1) is 0 Å². The van der Waals surface area contributed by atoms with Crippen molar-refractivity contribution < 1.29 is 14.3 Å². The molecule has 1 aliphatic heterocycles. The van der Waals surface area contributed by atoms with Crippen LogP contribution in [0.4, 0.5) is 0 Å². The van der Waals surface area contributed by atoms with Crippen molar-refractivity contribution in [2.45, 2.75) is 25.0 Å². The van der Waals surface area contributed by atoms with Gasteiger partial charge in [0.15, 0.2) is 0 Å². The molecule has 1 aliphatic rings. The first-order valence-corrected chi connectivity index (χ1v) is 9.73. The fraction of sp³-hybridized carbons (Fsp3) is 0.292. The SMILES string of the molecule is COC(=O)c1ccc(C2CCNCC2OCc2ccc3ccccc3c2)cc1. The average molecular weight is 375 g/mol. The van der Waals surface area contributed by atoms with E-state index in [2.05, 4.69) is 47.8 Å². The lowest BCUT2D eigenvalue weighted by molar-refractivity contribution is 0.0106. The molecule has 4 heteroatoms. The Hall–Kier alpha value is -2.69. The number of piperidine rings is 1. The minimum Gasteiger partial charge on any atom is -0.465 e. The first-order valence-electron chi connectivity index (χ1n) is 9.73. The second-order valence-corrected chi connectivity index (χ2v) is 7.24. The first kappa shape index (κ1) is 18.7. The molecule has 2 atom stereocenters. The standard InChI is InChI=1S/C24H25NO3/c1-27-24(26)20-10-8-19(9-11-20)22-12-13-25-15-23(22)28-16-17-6-7-18-4-2-3-5-21(18)14-17/h2-11,14,22-23,25H,12-13,15-16H2,1H3. The molecule has 1 saturated heterocycles. The zero-order valence-electron chi connectivity index (χ0n) is 16.1. The Bertz CT molecular complexity index is 951. The van der Waals surface area contributed by atoms with E-state index in [-0.39, 0.29) is 12.1 Å². The van der Waals surface area contributed by atoms with Crippen molar-refractivity contribution in [3.05, 3.63) is 83.4 Å². The van der Waals surface area contributed by atoms with Gasteiger partial charge in [0.25, 0.3) is 0 Å². The van der Waals surface area contributed by atoms with Gasteiger partial charge in [0.05, 0.1) is 25.4 Å². The highest BCUT2D eigenvalue weighted by Gasteiger charge is 2.27. The van der Waals surface area contributed by atoms with Crippen molar-refractivity contribution in [2.24, 2.45) is 0 Å². The predicted octanol–water partition coefficient (Wildman–Crippen LogP) is 4.29. The second kappa shape index (κ2) is 8.55. The lowest BCUT2D eigenvalue weighted by Crippen LogP contribution is -2.41. The highest BCUT2D eigenvalue weighted by atomic mass is 16.5. The quantitative estimate of drug-likeness (QED) is 0.676. The van der Waals surface area contributed by atoms with Crippen LogP contribution in [-0.4, -0.2) is 32.3 Å². The summed E-state index contributed by atoms with van der Waals surface area (Å²) in [4.78, 5) is 11.7. The van der Waals surface area contributed by atoms with Crippen molar-refractivity contribution in [3.63, 3.8) is 0 Å². The van der Waals surface area contributed by atoms with Crippen LogP contribution in [0.2, 0.25) is 0 Å². The molecule has 0 spiro atoms. The topological polar surface area (TPSA) is 47.6 Å². The van der Waals surface area contributed by atoms with Gasteiger partial charge in [-0.1, -0.05) is 48.5 Å². The van der Waals surface area contributed by atoms with E-state index in [9.17, 15) is 4.79 Å². The van der Waals surface area contributed by atoms with Gasteiger partial charge in [0.1, 0.15) is 0 Å². The minimum absolute atomic E-state index is 0.101. The molecule has 0 aliphatic carbocycles. The van der Waals surface area contributed by atoms with Crippen molar-refractivity contribution >= 4 is 16.7 Å². The van der Waals surface area contributed by atoms with Crippen LogP contribution in [0.3, 0.4) is 0 Å². The molecule has 144 valence electrons. The molecule has 1 fully saturated rings. The zero-order valence-corrected chi connectivity index (χ0v) is 16.1. The molecule has 3 aromatic rings. The fourth-order valence-electron chi connectivity index (χ4n) is 3.90. The Morgan fingerprint density at radius 3 is 2.61 bits per heavy atom. The Morgan fingerprint density at radius 1 is 1.04 bits per heavy atom. The molecule has 1 heterocycles. The number of carbonyl (C=O) groups excluding carboxylic acids is 1. The number of carbonyl (C=O) groups is 1. The summed E-state index contributed by atoms with van der Waals surface area (Å²) in [5, 5.41) is 5.92. The normalized spacial score (nSPS) is 19.5. The molecule has 1 N–H and O–H groups in total. The number of ether oxygens (including phenoxy) is 2. The van der Waals surface area contributed by atoms with E-state index >= 15 is 0 Å². The number of benzene rings is 3. The third-order valence-corrected chi connectivity index (χ3v) is 5.46. The summed E-state index contributed by atoms with van der Waals surface area (Å²) in [7, 11) is 1.40. The summed E-state index contributed by atoms with van der Waals surface area (Å²) < 4.78 is 11.1. The van der Waals surface area contributed by atoms with Crippen LogP contribution in [0.15, 0.2) is 66.7 Å². The third kappa shape index (κ3) is 4.08. The van der Waals surface area contributed by atoms with Gasteiger partial charge in [0, 0.05) is 12.5 Å². The molecule has 28 heavy (non-hydrogen) atoms. The van der Waals surface area contributed by atoms with Crippen LogP contribution >= 0.6 is 0 Å². The Morgan fingerprint density at radius 2 is 1.82 bits per heavy atom. The average Bonchev–Trinajstić information content (AvgIpc) is 2.77. The highest BCUT2D eigenvalue weighted by Crippen LogP contribution is 2.29. The predicted molar refractivity (Wildman–Crippen MR) is 111 cm³/mol. The van der Waals surface area contributed by atoms with E-state index in [4.69, 9.17) is 9.47 Å². The van der Waals surface area contributed by atoms with Crippen molar-refractivity contribution in [1.82, 2.24) is 5.32 Å². The molecule has 0 radical (unpaired) electrons. The van der Waals surface area contributed by atoms with Gasteiger partial charge in [0.2, 0.25) is 0 Å². The summed E-state index contributed by atoms with van der Waals surface area (Å²) in [5.74, 6) is 0.00867. The number of esters is 1. The number of methoxy groups -OCH3 is 1. The number of fused-ring (bicyclic) bond motifs is 1. The monoisotopic (exact) mass is 375 g/mol. The van der Waals surface area contributed by atoms with Gasteiger partial charge in [-0.3, -0.25) is 0 Å². The Kier molecular flexibility index (Phi) is 5.70. The van der Waals surface area contributed by atoms with Crippen LogP contribution in [0.1, 0.15) is 33.8 Å². The smallest absolute Gasteiger partial charge is 0.337 e. The van der Waals surface area contributed by atoms with E-state index in [1.54, 1.807) is 0 Å². The molecule has 4 rings (SSSR count). The molecular formula is C24H25NO3. The van der Waals surface area contributed by atoms with Crippen LogP contribution in [0.5, 0.6) is 0 Å². The van der Waals surface area contributed by atoms with Gasteiger partial charge in [-0.15, -0.1) is 0 Å². The second-order valence-electron chi connectivity index (χ2n) is 7.24. The largest absolute Gasteiger partial charge is 0.465 e. The maximum atomic E-state index is 11.7. The maximum Gasteiger partial charge on any atom is 0.337 e. The van der Waals surface area contributed by atoms with E-state index in [0.29, 0.717) is 18.1 Å².